The zero-order valence-electron chi connectivity index (χ0n) is 70.7. The van der Waals surface area contributed by atoms with Crippen molar-refractivity contribution in [1.29, 1.82) is 0 Å². The van der Waals surface area contributed by atoms with Crippen LogP contribution in [0.25, 0.3) is 22.1 Å². The summed E-state index contributed by atoms with van der Waals surface area (Å²) in [4.78, 5) is 201. The van der Waals surface area contributed by atoms with Crippen molar-refractivity contribution in [2.45, 2.75) is 184 Å². The molecule has 664 valence electrons. The molecule has 16 rings (SSSR count). The quantitative estimate of drug-likeness (QED) is 0.0242. The molecule has 0 radical (unpaired) electrons. The molecule has 0 saturated carbocycles. The summed E-state index contributed by atoms with van der Waals surface area (Å²) in [5.41, 5.74) is 9.58. The maximum atomic E-state index is 14.3. The molecule has 2 unspecified atom stereocenters. The van der Waals surface area contributed by atoms with E-state index in [2.05, 4.69) is 76.1 Å². The Balaban J connectivity index is 0.000000167. The third kappa shape index (κ3) is 21.0. The van der Waals surface area contributed by atoms with Crippen LogP contribution in [0.4, 0.5) is 16.4 Å². The van der Waals surface area contributed by atoms with Crippen LogP contribution in [0.15, 0.2) is 122 Å². The van der Waals surface area contributed by atoms with Crippen molar-refractivity contribution in [3.63, 3.8) is 0 Å². The minimum absolute atomic E-state index is 0.0209. The second kappa shape index (κ2) is 39.6. The molecule has 12 amide bonds. The Hall–Kier alpha value is -12.1. The van der Waals surface area contributed by atoms with Gasteiger partial charge in [-0.1, -0.05) is 78.2 Å². The predicted octanol–water partition coefficient (Wildman–Crippen LogP) is 8.43. The number of ether oxygens (including phenoxy) is 1. The van der Waals surface area contributed by atoms with Gasteiger partial charge in [0.1, 0.15) is 58.8 Å². The molecule has 10 N–H and O–H groups in total. The topological polar surface area (TPSA) is 443 Å². The monoisotopic (exact) mass is 1760 g/mol. The minimum atomic E-state index is -1.14. The third-order valence-corrected chi connectivity index (χ3v) is 25.2. The van der Waals surface area contributed by atoms with Crippen LogP contribution in [0.2, 0.25) is 10.0 Å². The van der Waals surface area contributed by atoms with E-state index in [9.17, 15) is 62.3 Å². The lowest BCUT2D eigenvalue weighted by Crippen LogP contribution is -2.64. The summed E-state index contributed by atoms with van der Waals surface area (Å²) >= 11 is 12.4. The lowest BCUT2D eigenvalue weighted by molar-refractivity contribution is -0.138. The number of anilines is 2. The second-order valence-corrected chi connectivity index (χ2v) is 35.1. The number of benzene rings is 4. The van der Waals surface area contributed by atoms with E-state index in [-0.39, 0.29) is 90.6 Å². The number of hydrogen-bond acceptors (Lipinski definition) is 23. The van der Waals surface area contributed by atoms with Gasteiger partial charge in [-0.05, 0) is 195 Å². The van der Waals surface area contributed by atoms with Gasteiger partial charge in [0.2, 0.25) is 41.4 Å². The number of hydrogen-bond donors (Lipinski definition) is 9. The van der Waals surface area contributed by atoms with Crippen molar-refractivity contribution in [3.05, 3.63) is 177 Å². The number of carboxylic acids is 1. The van der Waals surface area contributed by atoms with E-state index in [1.54, 1.807) is 36.7 Å². The van der Waals surface area contributed by atoms with Gasteiger partial charge < -0.3 is 61.1 Å². The second-order valence-electron chi connectivity index (χ2n) is 34.2. The number of rotatable bonds is 25. The number of imide groups is 4. The summed E-state index contributed by atoms with van der Waals surface area (Å²) in [7, 11) is 0. The van der Waals surface area contributed by atoms with Crippen molar-refractivity contribution in [3.8, 4) is 0 Å². The molecule has 36 heteroatoms. The van der Waals surface area contributed by atoms with Crippen molar-refractivity contribution in [1.82, 2.24) is 81.0 Å². The minimum Gasteiger partial charge on any atom is -0.481 e. The standard InChI is InChI=1S/C42H47ClN10O6.C31H42ClN7O3.C17H16N2O6/c43-28-9-7-26(8-10-28)31(48-41(59)42(44)15-19-52(20-16-42)37-30-13-17-45-36(30)46-25-47-37)14-18-50-21-23-51(24-22-50)34(55)6-2-4-27-3-1-5-29-35(27)40(58)53(39(29)57)32-11-12-33(54)49-38(32)56;1-30(2,3)42-29(41)37-31(13-19-39(20-14-31)27-24-11-15-33-26(24)34-21-35-27)28(40)36-25(22-7-9-23(32)10-8-22)12-18-38-16-5-4-6-17-38;20-12-8-7-11(15(23)18-12)19-16(24)10-5-1-3-9(14(10)17(19)25)4-2-6-13(21)22/h1,3,5,7-10,13,17,25,31-32H,2,4,6,11-12,14-16,18-24,44H2,(H,48,59)(H,45,46,47)(H,49,54,56);7-11,15,21,25H,4-6,12-14,16-20H2,1-3H3,(H,36,40)(H,37,41)(H,33,34,35);1,3,5,11H,2,4,6-8H2,(H,21,22)(H,18,20,23)/t31-,32?;25-;/m00./s1. The SMILES string of the molecule is CC(C)(C)OC(=O)NC1(C(=O)N[C@@H](CCN2CCCCC2)c2ccc(Cl)cc2)CCN(c2ncnc3[nH]ccc23)CC1.NC1(C(=O)N[C@@H](CCN2CCN(C(=O)CCCc3cccc4c3C(=O)N(C3CCC(=O)NC3=O)C4=O)CC2)c2ccc(Cl)cc2)CCN(c2ncnc3[nH]ccc23)CC1.O=C(O)CCCc1cccc2c1C(=O)N(C1CCC(=O)NC1=O)C2=O. The van der Waals surface area contributed by atoms with Gasteiger partial charge >= 0.3 is 12.1 Å². The fourth-order valence-corrected chi connectivity index (χ4v) is 18.1. The largest absolute Gasteiger partial charge is 0.481 e. The predicted molar refractivity (Wildman–Crippen MR) is 467 cm³/mol. The Morgan fingerprint density at radius 1 is 0.548 bits per heavy atom. The fourth-order valence-electron chi connectivity index (χ4n) is 17.8. The smallest absolute Gasteiger partial charge is 0.408 e. The van der Waals surface area contributed by atoms with E-state index in [1.165, 1.54) is 31.7 Å². The number of amides is 12. The molecule has 0 spiro atoms. The van der Waals surface area contributed by atoms with Gasteiger partial charge in [-0.25, -0.2) is 24.7 Å². The first-order chi connectivity index (χ1) is 60.5. The lowest BCUT2D eigenvalue weighted by Gasteiger charge is -2.42. The number of fused-ring (bicyclic) bond motifs is 4. The van der Waals surface area contributed by atoms with Crippen LogP contribution in [-0.4, -0.2) is 244 Å². The molecule has 8 aliphatic rings. The summed E-state index contributed by atoms with van der Waals surface area (Å²) in [6.45, 7) is 13.9. The number of nitrogens with zero attached hydrogens (tertiary/aromatic N) is 11. The Labute approximate surface area is 737 Å². The molecule has 12 heterocycles. The van der Waals surface area contributed by atoms with E-state index in [4.69, 9.17) is 38.8 Å². The van der Waals surface area contributed by atoms with Gasteiger partial charge in [-0.15, -0.1) is 0 Å². The summed E-state index contributed by atoms with van der Waals surface area (Å²) in [6.07, 6.45) is 15.1. The van der Waals surface area contributed by atoms with Gasteiger partial charge in [-0.3, -0.25) is 82.9 Å². The number of nitrogens with one attached hydrogen (secondary N) is 7. The fraction of sp³-hybridized carbons (Fsp3) is 0.456. The Morgan fingerprint density at radius 2 is 1.00 bits per heavy atom. The van der Waals surface area contributed by atoms with Crippen molar-refractivity contribution < 1.29 is 72.2 Å². The third-order valence-electron chi connectivity index (χ3n) is 24.7. The van der Waals surface area contributed by atoms with Crippen LogP contribution >= 0.6 is 23.2 Å². The lowest BCUT2D eigenvalue weighted by atomic mass is 9.85. The van der Waals surface area contributed by atoms with Crippen LogP contribution in [0.1, 0.15) is 206 Å². The molecule has 4 aromatic carbocycles. The van der Waals surface area contributed by atoms with Crippen LogP contribution in [0.5, 0.6) is 0 Å². The molecule has 34 nitrogen and oxygen atoms in total. The van der Waals surface area contributed by atoms with Crippen LogP contribution in [-0.2, 0) is 55.9 Å². The number of carbonyl (C=O) groups is 13. The average molecular weight is 1760 g/mol. The number of halogens is 2. The highest BCUT2D eigenvalue weighted by atomic mass is 35.5. The van der Waals surface area contributed by atoms with Gasteiger partial charge in [0, 0.05) is 114 Å². The molecule has 8 aliphatic heterocycles. The maximum Gasteiger partial charge on any atom is 0.408 e. The normalized spacial score (nSPS) is 19.5. The first-order valence-corrected chi connectivity index (χ1v) is 43.9. The molecular formula is C90H105Cl2N19O15. The number of aliphatic carboxylic acids is 1. The van der Waals surface area contributed by atoms with Crippen LogP contribution in [0.3, 0.4) is 0 Å². The molecule has 8 aromatic rings. The number of carbonyl (C=O) groups excluding carboxylic acids is 12. The maximum absolute atomic E-state index is 14.3. The Morgan fingerprint density at radius 3 is 1.46 bits per heavy atom. The van der Waals surface area contributed by atoms with E-state index in [1.807, 2.05) is 98.7 Å². The van der Waals surface area contributed by atoms with Gasteiger partial charge in [0.25, 0.3) is 23.6 Å². The van der Waals surface area contributed by atoms with E-state index < -0.39 is 88.1 Å². The molecule has 126 heavy (non-hydrogen) atoms. The highest BCUT2D eigenvalue weighted by Crippen LogP contribution is 2.37. The zero-order valence-corrected chi connectivity index (χ0v) is 72.2. The number of nitrogens with two attached hydrogens (primary N) is 1. The van der Waals surface area contributed by atoms with Gasteiger partial charge in [0.05, 0.1) is 50.6 Å². The molecular weight excluding hydrogens is 1660 g/mol. The summed E-state index contributed by atoms with van der Waals surface area (Å²) < 4.78 is 5.61. The Bertz CT molecular complexity index is 5440. The molecule has 6 fully saturated rings. The van der Waals surface area contributed by atoms with Crippen LogP contribution < -0.4 is 42.1 Å². The summed E-state index contributed by atoms with van der Waals surface area (Å²) in [5, 5.41) is 25.8. The first-order valence-electron chi connectivity index (χ1n) is 43.1. The number of carboxylic acid groups (broad SMARTS) is 1. The number of alkyl carbamates (subject to hydrolysis) is 1. The first kappa shape index (κ1) is 90.1. The van der Waals surface area contributed by atoms with Crippen molar-refractivity contribution in [2.75, 3.05) is 88.3 Å². The summed E-state index contributed by atoms with van der Waals surface area (Å²) in [6, 6.07) is 26.4. The number of piperazine rings is 1. The molecule has 4 aromatic heterocycles. The molecule has 0 aliphatic carbocycles. The number of aromatic amines is 2. The summed E-state index contributed by atoms with van der Waals surface area (Å²) in [5.74, 6) is -4.04. The van der Waals surface area contributed by atoms with Crippen molar-refractivity contribution >= 4 is 134 Å². The number of likely N-dealkylation sites (tertiary alicyclic amines) is 1. The van der Waals surface area contributed by atoms with E-state index in [0.717, 1.165) is 80.7 Å². The number of aromatic nitrogens is 6. The number of piperidine rings is 5. The number of aryl methyl sites for hydroxylation is 2. The average Bonchev–Trinajstić information content (AvgIpc) is 1.56. The molecule has 6 saturated heterocycles. The van der Waals surface area contributed by atoms with Crippen molar-refractivity contribution in [2.24, 2.45) is 5.73 Å². The van der Waals surface area contributed by atoms with Gasteiger partial charge in [-0.2, -0.15) is 0 Å². The Kier molecular flexibility index (Phi) is 28.3. The van der Waals surface area contributed by atoms with E-state index in [0.29, 0.717) is 138 Å². The van der Waals surface area contributed by atoms with Gasteiger partial charge in [0.15, 0.2) is 0 Å². The van der Waals surface area contributed by atoms with E-state index >= 15 is 0 Å². The zero-order chi connectivity index (χ0) is 89.1. The number of H-pyrrole nitrogens is 2. The highest BCUT2D eigenvalue weighted by molar-refractivity contribution is 6.31. The van der Waals surface area contributed by atoms with Crippen LogP contribution in [0, 0.1) is 0 Å². The highest BCUT2D eigenvalue weighted by Gasteiger charge is 2.49. The molecule has 0 bridgehead atoms. The molecule has 4 atom stereocenters.